The predicted molar refractivity (Wildman–Crippen MR) is 155 cm³/mol. The summed E-state index contributed by atoms with van der Waals surface area (Å²) in [6, 6.07) is 12.2. The molecule has 5 rings (SSSR count). The molecule has 3 heterocycles. The number of piperazine rings is 1. The number of ether oxygens (including phenoxy) is 2. The zero-order valence-electron chi connectivity index (χ0n) is 21.9. The van der Waals surface area contributed by atoms with Crippen molar-refractivity contribution < 1.29 is 22.7 Å². The number of carbonyl (C=O) groups is 1. The van der Waals surface area contributed by atoms with Gasteiger partial charge in [0.2, 0.25) is 10.0 Å². The number of halogens is 2. The Kier molecular flexibility index (Phi) is 7.78. The van der Waals surface area contributed by atoms with Gasteiger partial charge in [-0.3, -0.25) is 9.89 Å². The van der Waals surface area contributed by atoms with E-state index >= 15 is 0 Å². The van der Waals surface area contributed by atoms with Gasteiger partial charge in [0.05, 0.1) is 41.6 Å². The summed E-state index contributed by atoms with van der Waals surface area (Å²) in [5, 5.41) is 11.1. The molecule has 2 N–H and O–H groups in total. The first kappa shape index (κ1) is 28.0. The van der Waals surface area contributed by atoms with Gasteiger partial charge in [-0.1, -0.05) is 23.2 Å². The summed E-state index contributed by atoms with van der Waals surface area (Å²) in [5.41, 5.74) is 2.69. The fourth-order valence-corrected chi connectivity index (χ4v) is 6.05. The van der Waals surface area contributed by atoms with E-state index in [0.717, 1.165) is 5.69 Å². The zero-order chi connectivity index (χ0) is 28.6. The van der Waals surface area contributed by atoms with Gasteiger partial charge in [-0.2, -0.15) is 9.40 Å². The van der Waals surface area contributed by atoms with Crippen molar-refractivity contribution >= 4 is 61.7 Å². The number of aromatic amines is 1. The van der Waals surface area contributed by atoms with Crippen LogP contribution in [0.1, 0.15) is 10.4 Å². The Labute approximate surface area is 241 Å². The van der Waals surface area contributed by atoms with E-state index in [1.807, 2.05) is 12.1 Å². The first-order valence-corrected chi connectivity index (χ1v) is 14.8. The van der Waals surface area contributed by atoms with Crippen LogP contribution >= 0.6 is 23.2 Å². The number of benzene rings is 2. The molecule has 0 spiro atoms. The highest BCUT2D eigenvalue weighted by Gasteiger charge is 2.24. The Hall–Kier alpha value is -3.58. The number of hydrogen-bond acceptors (Lipinski definition) is 8. The Morgan fingerprint density at radius 1 is 0.975 bits per heavy atom. The lowest BCUT2D eigenvalue weighted by Gasteiger charge is -2.34. The highest BCUT2D eigenvalue weighted by molar-refractivity contribution is 7.88. The molecule has 0 unspecified atom stereocenters. The molecule has 2 aromatic heterocycles. The Balaban J connectivity index is 1.32. The van der Waals surface area contributed by atoms with Crippen LogP contribution in [0.3, 0.4) is 0 Å². The highest BCUT2D eigenvalue weighted by atomic mass is 35.5. The number of nitrogens with zero attached hydrogens (tertiary/aromatic N) is 4. The van der Waals surface area contributed by atoms with E-state index < -0.39 is 10.0 Å². The Bertz CT molecular complexity index is 1660. The summed E-state index contributed by atoms with van der Waals surface area (Å²) < 4.78 is 35.7. The van der Waals surface area contributed by atoms with E-state index in [2.05, 4.69) is 25.4 Å². The number of hydrogen-bond donors (Lipinski definition) is 2. The van der Waals surface area contributed by atoms with Crippen molar-refractivity contribution in [1.29, 1.82) is 0 Å². The van der Waals surface area contributed by atoms with Crippen LogP contribution in [-0.4, -0.2) is 80.5 Å². The first-order valence-electron chi connectivity index (χ1n) is 12.2. The minimum atomic E-state index is -3.20. The fraction of sp³-hybridized carbons (Fsp3) is 0.269. The smallest absolute Gasteiger partial charge is 0.256 e. The number of carbonyl (C=O) groups excluding carboxylic acids is 1. The molecule has 0 bridgehead atoms. The maximum absolute atomic E-state index is 13.0. The van der Waals surface area contributed by atoms with Crippen molar-refractivity contribution in [3.05, 3.63) is 58.1 Å². The second-order valence-corrected chi connectivity index (χ2v) is 11.8. The summed E-state index contributed by atoms with van der Waals surface area (Å²) in [6.45, 7) is 2.00. The molecule has 40 heavy (non-hydrogen) atoms. The third-order valence-corrected chi connectivity index (χ3v) is 8.74. The molecule has 1 saturated heterocycles. The molecule has 0 aliphatic carbocycles. The quantitative estimate of drug-likeness (QED) is 0.320. The summed E-state index contributed by atoms with van der Waals surface area (Å²) in [5.74, 6) is 0.758. The summed E-state index contributed by atoms with van der Waals surface area (Å²) in [7, 11) is -0.209. The number of aromatic nitrogens is 3. The number of H-pyrrole nitrogens is 1. The largest absolute Gasteiger partial charge is 0.495 e. The minimum absolute atomic E-state index is 0.286. The van der Waals surface area contributed by atoms with Crippen molar-refractivity contribution in [2.24, 2.45) is 0 Å². The van der Waals surface area contributed by atoms with Crippen LogP contribution in [0.5, 0.6) is 11.5 Å². The number of fused-ring (bicyclic) bond motifs is 1. The number of amides is 1. The third-order valence-electron chi connectivity index (χ3n) is 6.69. The third kappa shape index (κ3) is 5.39. The molecule has 0 atom stereocenters. The molecular formula is C26H26Cl2N6O5S. The van der Waals surface area contributed by atoms with Crippen LogP contribution in [0.4, 0.5) is 11.5 Å². The van der Waals surface area contributed by atoms with Crippen LogP contribution in [0.15, 0.2) is 42.5 Å². The molecule has 2 aromatic carbocycles. The molecule has 1 fully saturated rings. The second kappa shape index (κ2) is 11.1. The van der Waals surface area contributed by atoms with Crippen LogP contribution in [0.25, 0.3) is 22.3 Å². The standard InChI is InChI=1S/C26H26Cl2N6O5S/c1-38-19-14-20(39-2)23(28)21(22(19)27)18-9-8-17-24(29-18)31-32-25(17)30-26(35)15-4-6-16(7-5-15)33-10-12-34(13-11-33)40(3,36)37/h4-9,14H,10-13H2,1-3H3,(H2,29,30,31,32,35). The van der Waals surface area contributed by atoms with Crippen molar-refractivity contribution in [2.75, 3.05) is 56.9 Å². The van der Waals surface area contributed by atoms with Gasteiger partial charge >= 0.3 is 0 Å². The minimum Gasteiger partial charge on any atom is -0.495 e. The van der Waals surface area contributed by atoms with Crippen molar-refractivity contribution in [3.8, 4) is 22.8 Å². The molecule has 210 valence electrons. The lowest BCUT2D eigenvalue weighted by Crippen LogP contribution is -2.48. The molecule has 4 aromatic rings. The average molecular weight is 606 g/mol. The lowest BCUT2D eigenvalue weighted by atomic mass is 10.1. The van der Waals surface area contributed by atoms with Gasteiger partial charge in [0.25, 0.3) is 5.91 Å². The van der Waals surface area contributed by atoms with E-state index in [-0.39, 0.29) is 16.0 Å². The summed E-state index contributed by atoms with van der Waals surface area (Å²) in [4.78, 5) is 19.7. The first-order chi connectivity index (χ1) is 19.1. The molecule has 1 amide bonds. The zero-order valence-corrected chi connectivity index (χ0v) is 24.2. The van der Waals surface area contributed by atoms with Gasteiger partial charge in [-0.05, 0) is 36.4 Å². The number of sulfonamides is 1. The number of rotatable bonds is 7. The number of nitrogens with one attached hydrogen (secondary N) is 2. The highest BCUT2D eigenvalue weighted by Crippen LogP contribution is 2.45. The van der Waals surface area contributed by atoms with Gasteiger partial charge in [0.1, 0.15) is 11.5 Å². The van der Waals surface area contributed by atoms with E-state index in [1.165, 1.54) is 24.8 Å². The van der Waals surface area contributed by atoms with E-state index in [1.54, 1.807) is 30.3 Å². The number of pyridine rings is 1. The molecule has 0 saturated carbocycles. The van der Waals surface area contributed by atoms with Crippen LogP contribution < -0.4 is 19.7 Å². The molecule has 1 aliphatic heterocycles. The monoisotopic (exact) mass is 604 g/mol. The predicted octanol–water partition coefficient (Wildman–Crippen LogP) is 4.28. The van der Waals surface area contributed by atoms with Crippen molar-refractivity contribution in [2.45, 2.75) is 0 Å². The fourth-order valence-electron chi connectivity index (χ4n) is 4.53. The van der Waals surface area contributed by atoms with Gasteiger partial charge in [-0.15, -0.1) is 0 Å². The SMILES string of the molecule is COc1cc(OC)c(Cl)c(-c2ccc3c(NC(=O)c4ccc(N5CCN(S(C)(=O)=O)CC5)cc4)n[nH]c3n2)c1Cl. The number of anilines is 2. The van der Waals surface area contributed by atoms with Gasteiger partial charge in [0, 0.05) is 49.1 Å². The molecule has 1 aliphatic rings. The van der Waals surface area contributed by atoms with Gasteiger partial charge < -0.3 is 19.7 Å². The normalized spacial score (nSPS) is 14.4. The molecule has 11 nitrogen and oxygen atoms in total. The lowest BCUT2D eigenvalue weighted by molar-refractivity contribution is 0.102. The molecule has 14 heteroatoms. The van der Waals surface area contributed by atoms with E-state index in [9.17, 15) is 13.2 Å². The summed E-state index contributed by atoms with van der Waals surface area (Å²) >= 11 is 13.1. The molecular weight excluding hydrogens is 579 g/mol. The summed E-state index contributed by atoms with van der Waals surface area (Å²) in [6.07, 6.45) is 1.22. The number of methoxy groups -OCH3 is 2. The van der Waals surface area contributed by atoms with Crippen LogP contribution in [0.2, 0.25) is 10.0 Å². The average Bonchev–Trinajstić information content (AvgIpc) is 3.35. The van der Waals surface area contributed by atoms with Crippen LogP contribution in [-0.2, 0) is 10.0 Å². The topological polar surface area (TPSA) is 130 Å². The maximum Gasteiger partial charge on any atom is 0.256 e. The van der Waals surface area contributed by atoms with Gasteiger partial charge in [0.15, 0.2) is 11.5 Å². The van der Waals surface area contributed by atoms with E-state index in [0.29, 0.717) is 71.4 Å². The van der Waals surface area contributed by atoms with Crippen molar-refractivity contribution in [3.63, 3.8) is 0 Å². The Morgan fingerprint density at radius 3 is 2.17 bits per heavy atom. The second-order valence-electron chi connectivity index (χ2n) is 9.10. The molecule has 0 radical (unpaired) electrons. The van der Waals surface area contributed by atoms with Crippen LogP contribution in [0, 0.1) is 0 Å². The Morgan fingerprint density at radius 2 is 1.60 bits per heavy atom. The van der Waals surface area contributed by atoms with Crippen molar-refractivity contribution in [1.82, 2.24) is 19.5 Å². The maximum atomic E-state index is 13.0. The van der Waals surface area contributed by atoms with E-state index in [4.69, 9.17) is 32.7 Å². The van der Waals surface area contributed by atoms with Gasteiger partial charge in [-0.25, -0.2) is 13.4 Å².